The van der Waals surface area contributed by atoms with Crippen molar-refractivity contribution >= 4 is 17.9 Å². The van der Waals surface area contributed by atoms with Gasteiger partial charge in [-0.3, -0.25) is 0 Å². The van der Waals surface area contributed by atoms with Crippen molar-refractivity contribution in [3.05, 3.63) is 0 Å². The molecule has 60 heavy (non-hydrogen) atoms. The topological polar surface area (TPSA) is 140 Å². The minimum absolute atomic E-state index is 0.445. The number of hydrogen-bond donors (Lipinski definition) is 3. The highest BCUT2D eigenvalue weighted by molar-refractivity contribution is 5.74. The Morgan fingerprint density at radius 1 is 0.283 bits per heavy atom. The van der Waals surface area contributed by atoms with E-state index in [9.17, 15) is 14.4 Å². The number of hydrogen-bond acceptors (Lipinski definition) is 9. The van der Waals surface area contributed by atoms with Gasteiger partial charge in [-0.25, -0.2) is 14.4 Å². The van der Waals surface area contributed by atoms with E-state index < -0.39 is 36.2 Å². The lowest BCUT2D eigenvalue weighted by molar-refractivity contribution is -0.153. The van der Waals surface area contributed by atoms with Crippen LogP contribution in [-0.2, 0) is 28.6 Å². The monoisotopic (exact) mass is 859 g/mol. The first kappa shape index (κ1) is 62.6. The Hall–Kier alpha value is -1.71. The van der Waals surface area contributed by atoms with Crippen molar-refractivity contribution in [1.29, 1.82) is 0 Å². The fraction of sp³-hybridized carbons (Fsp3) is 0.941. The maximum Gasteiger partial charge on any atom is 0.334 e. The highest BCUT2D eigenvalue weighted by Gasteiger charge is 2.10. The molecule has 9 nitrogen and oxygen atoms in total. The molecule has 0 saturated carbocycles. The molecule has 0 fully saturated rings. The summed E-state index contributed by atoms with van der Waals surface area (Å²) in [6.45, 7) is 12.4. The minimum Gasteiger partial charge on any atom is -0.464 e. The SMILES string of the molecule is CCCCCCCCCCCCCCCCOC(=O)C(C)O.CCCCCCCCCCCCCCOC(=O)C(C)O.CCCCCCCCCCCCOC(=O)C(C)O. The fourth-order valence-electron chi connectivity index (χ4n) is 6.71. The quantitative estimate of drug-likeness (QED) is 0.0311. The zero-order valence-corrected chi connectivity index (χ0v) is 40.6. The first-order chi connectivity index (χ1) is 29.0. The van der Waals surface area contributed by atoms with Crippen molar-refractivity contribution in [2.45, 2.75) is 291 Å². The summed E-state index contributed by atoms with van der Waals surface area (Å²) in [4.78, 5) is 32.9. The van der Waals surface area contributed by atoms with Crippen LogP contribution in [0.2, 0.25) is 0 Å². The minimum atomic E-state index is -0.994. The van der Waals surface area contributed by atoms with Crippen LogP contribution in [0.15, 0.2) is 0 Å². The summed E-state index contributed by atoms with van der Waals surface area (Å²) in [6.07, 6.45) is 43.7. The number of unbranched alkanes of at least 4 members (excludes halogenated alkanes) is 33. The van der Waals surface area contributed by atoms with Gasteiger partial charge in [0.2, 0.25) is 0 Å². The van der Waals surface area contributed by atoms with Gasteiger partial charge in [-0.2, -0.15) is 0 Å². The molecule has 0 heterocycles. The normalized spacial score (nSPS) is 12.3. The van der Waals surface area contributed by atoms with Crippen molar-refractivity contribution in [3.63, 3.8) is 0 Å². The van der Waals surface area contributed by atoms with Gasteiger partial charge in [-0.15, -0.1) is 0 Å². The Bertz CT molecular complexity index is 862. The molecule has 0 spiro atoms. The lowest BCUT2D eigenvalue weighted by atomic mass is 10.0. The fourth-order valence-corrected chi connectivity index (χ4v) is 6.71. The van der Waals surface area contributed by atoms with Crippen molar-refractivity contribution in [3.8, 4) is 0 Å². The molecular weight excluding hydrogens is 757 g/mol. The molecule has 0 radical (unpaired) electrons. The first-order valence-electron chi connectivity index (χ1n) is 25.6. The van der Waals surface area contributed by atoms with Gasteiger partial charge in [0.05, 0.1) is 19.8 Å². The van der Waals surface area contributed by atoms with Crippen molar-refractivity contribution in [2.75, 3.05) is 19.8 Å². The Labute approximate surface area is 371 Å². The smallest absolute Gasteiger partial charge is 0.334 e. The summed E-state index contributed by atoms with van der Waals surface area (Å²) in [5, 5.41) is 26.8. The number of aliphatic hydroxyl groups excluding tert-OH is 3. The number of carbonyl (C=O) groups excluding carboxylic acids is 3. The number of aliphatic hydroxyl groups is 3. The van der Waals surface area contributed by atoms with E-state index in [0.717, 1.165) is 38.5 Å². The van der Waals surface area contributed by atoms with E-state index in [1.54, 1.807) is 0 Å². The molecule has 0 rings (SSSR count). The molecule has 0 aliphatic rings. The van der Waals surface area contributed by atoms with Gasteiger partial charge >= 0.3 is 17.9 Å². The third kappa shape index (κ3) is 56.3. The molecular formula is C51H102O9. The van der Waals surface area contributed by atoms with Crippen LogP contribution in [0.3, 0.4) is 0 Å². The van der Waals surface area contributed by atoms with Gasteiger partial charge < -0.3 is 29.5 Å². The molecule has 0 bridgehead atoms. The lowest BCUT2D eigenvalue weighted by Gasteiger charge is -2.06. The van der Waals surface area contributed by atoms with E-state index in [-0.39, 0.29) is 0 Å². The van der Waals surface area contributed by atoms with Crippen molar-refractivity contribution < 1.29 is 43.9 Å². The van der Waals surface area contributed by atoms with Gasteiger partial charge in [0, 0.05) is 0 Å². The summed E-state index contributed by atoms with van der Waals surface area (Å²) >= 11 is 0. The van der Waals surface area contributed by atoms with Crippen LogP contribution in [0.5, 0.6) is 0 Å². The van der Waals surface area contributed by atoms with Crippen LogP contribution in [0.1, 0.15) is 273 Å². The largest absolute Gasteiger partial charge is 0.464 e. The van der Waals surface area contributed by atoms with Crippen LogP contribution in [0, 0.1) is 0 Å². The molecule has 3 N–H and O–H groups in total. The van der Waals surface area contributed by atoms with Crippen LogP contribution in [0.25, 0.3) is 0 Å². The van der Waals surface area contributed by atoms with E-state index in [4.69, 9.17) is 29.5 Å². The van der Waals surface area contributed by atoms with Gasteiger partial charge in [-0.1, -0.05) is 233 Å². The molecule has 0 aliphatic heterocycles. The van der Waals surface area contributed by atoms with Gasteiger partial charge in [0.15, 0.2) is 0 Å². The Morgan fingerprint density at radius 3 is 0.550 bits per heavy atom. The van der Waals surface area contributed by atoms with E-state index >= 15 is 0 Å². The zero-order chi connectivity index (χ0) is 45.2. The second kappa shape index (κ2) is 53.4. The molecule has 0 aliphatic carbocycles. The summed E-state index contributed by atoms with van der Waals surface area (Å²) in [6, 6.07) is 0. The molecule has 3 unspecified atom stereocenters. The van der Waals surface area contributed by atoms with Gasteiger partial charge in [0.25, 0.3) is 0 Å². The standard InChI is InChI=1S/C19H38O3.C17H34O3.C15H30O3/c1-3-4-5-6-7-8-9-10-11-12-13-14-15-16-17-22-19(21)18(2)20;1-3-4-5-6-7-8-9-10-11-12-13-14-15-20-17(19)16(2)18;1-3-4-5-6-7-8-9-10-11-12-13-18-15(17)14(2)16/h18,20H,3-17H2,1-2H3;16,18H,3-15H2,1-2H3;14,16H,3-13H2,1-2H3. The molecule has 0 amide bonds. The summed E-state index contributed by atoms with van der Waals surface area (Å²) in [5.74, 6) is -1.52. The predicted octanol–water partition coefficient (Wildman–Crippen LogP) is 13.8. The van der Waals surface area contributed by atoms with Crippen LogP contribution in [0.4, 0.5) is 0 Å². The first-order valence-corrected chi connectivity index (χ1v) is 25.6. The summed E-state index contributed by atoms with van der Waals surface area (Å²) in [5.41, 5.74) is 0. The molecule has 9 heteroatoms. The average molecular weight is 859 g/mol. The number of rotatable bonds is 42. The average Bonchev–Trinajstić information content (AvgIpc) is 3.23. The van der Waals surface area contributed by atoms with E-state index in [1.165, 1.54) is 213 Å². The molecule has 0 saturated heterocycles. The molecule has 3 atom stereocenters. The van der Waals surface area contributed by atoms with Gasteiger partial charge in [0.1, 0.15) is 18.3 Å². The number of carbonyl (C=O) groups is 3. The summed E-state index contributed by atoms with van der Waals surface area (Å²) < 4.78 is 14.7. The third-order valence-corrected chi connectivity index (χ3v) is 10.7. The number of esters is 3. The maximum absolute atomic E-state index is 11.0. The second-order valence-corrected chi connectivity index (χ2v) is 17.2. The van der Waals surface area contributed by atoms with Gasteiger partial charge in [-0.05, 0) is 40.0 Å². The third-order valence-electron chi connectivity index (χ3n) is 10.7. The Kier molecular flexibility index (Phi) is 55.7. The van der Waals surface area contributed by atoms with E-state index in [0.29, 0.717) is 19.8 Å². The molecule has 0 aromatic carbocycles. The second-order valence-electron chi connectivity index (χ2n) is 17.2. The van der Waals surface area contributed by atoms with Crippen molar-refractivity contribution in [1.82, 2.24) is 0 Å². The van der Waals surface area contributed by atoms with Crippen LogP contribution in [-0.4, -0.2) is 71.4 Å². The lowest BCUT2D eigenvalue weighted by Crippen LogP contribution is -2.19. The maximum atomic E-state index is 11.0. The highest BCUT2D eigenvalue weighted by Crippen LogP contribution is 2.14. The molecule has 0 aromatic heterocycles. The zero-order valence-electron chi connectivity index (χ0n) is 40.6. The molecule has 0 aromatic rings. The van der Waals surface area contributed by atoms with Crippen molar-refractivity contribution in [2.24, 2.45) is 0 Å². The summed E-state index contributed by atoms with van der Waals surface area (Å²) in [7, 11) is 0. The molecule has 360 valence electrons. The van der Waals surface area contributed by atoms with Crippen LogP contribution < -0.4 is 0 Å². The highest BCUT2D eigenvalue weighted by atomic mass is 16.6. The number of ether oxygens (including phenoxy) is 3. The van der Waals surface area contributed by atoms with E-state index in [2.05, 4.69) is 20.8 Å². The predicted molar refractivity (Wildman–Crippen MR) is 251 cm³/mol. The van der Waals surface area contributed by atoms with Crippen LogP contribution >= 0.6 is 0 Å². The Morgan fingerprint density at radius 2 is 0.417 bits per heavy atom. The Balaban J connectivity index is -0.000000816. The van der Waals surface area contributed by atoms with E-state index in [1.807, 2.05) is 0 Å².